The summed E-state index contributed by atoms with van der Waals surface area (Å²) in [5, 5.41) is 4.98. The summed E-state index contributed by atoms with van der Waals surface area (Å²) < 4.78 is 4.83. The lowest BCUT2D eigenvalue weighted by Crippen LogP contribution is -2.10. The Bertz CT molecular complexity index is 2810. The van der Waals surface area contributed by atoms with Gasteiger partial charge in [0.25, 0.3) is 0 Å². The molecule has 8 aromatic carbocycles. The van der Waals surface area contributed by atoms with Gasteiger partial charge in [-0.2, -0.15) is 0 Å². The van der Waals surface area contributed by atoms with Crippen LogP contribution in [0.2, 0.25) is 0 Å². The van der Waals surface area contributed by atoms with Crippen LogP contribution in [0.1, 0.15) is 0 Å². The summed E-state index contributed by atoms with van der Waals surface area (Å²) in [7, 11) is 0. The van der Waals surface area contributed by atoms with E-state index in [0.29, 0.717) is 0 Å². The quantitative estimate of drug-likeness (QED) is 0.174. The molecular formula is C48H33N3. The van der Waals surface area contributed by atoms with E-state index >= 15 is 0 Å². The molecule has 0 N–H and O–H groups in total. The van der Waals surface area contributed by atoms with Crippen LogP contribution >= 0.6 is 0 Å². The molecule has 0 aliphatic rings. The SMILES string of the molecule is c1ccc(N(c2ccccc2)c2cccc(-n3c4ccccc4c4cccc(-c5ccc6c(c5)c5ccccc5n6-c5ccccc5)c43)c2)cc1. The minimum atomic E-state index is 1.10. The maximum atomic E-state index is 2.45. The molecule has 0 radical (unpaired) electrons. The van der Waals surface area contributed by atoms with Gasteiger partial charge in [0.05, 0.1) is 22.1 Å². The molecule has 0 aliphatic carbocycles. The average molecular weight is 652 g/mol. The van der Waals surface area contributed by atoms with Crippen molar-refractivity contribution in [1.29, 1.82) is 0 Å². The number of aromatic nitrogens is 2. The van der Waals surface area contributed by atoms with Crippen LogP contribution in [0.25, 0.3) is 66.1 Å². The van der Waals surface area contributed by atoms with Gasteiger partial charge in [0.15, 0.2) is 0 Å². The molecule has 0 amide bonds. The Morgan fingerprint density at radius 3 is 1.53 bits per heavy atom. The zero-order valence-electron chi connectivity index (χ0n) is 27.9. The molecule has 2 aromatic heterocycles. The molecule has 0 atom stereocenters. The van der Waals surface area contributed by atoms with Crippen molar-refractivity contribution in [3.05, 3.63) is 200 Å². The fourth-order valence-electron chi connectivity index (χ4n) is 7.89. The lowest BCUT2D eigenvalue weighted by Gasteiger charge is -2.26. The van der Waals surface area contributed by atoms with E-state index in [1.165, 1.54) is 60.4 Å². The Balaban J connectivity index is 1.21. The molecule has 3 heteroatoms. The number of benzene rings is 8. The van der Waals surface area contributed by atoms with Crippen LogP contribution in [-0.4, -0.2) is 9.13 Å². The highest BCUT2D eigenvalue weighted by atomic mass is 15.1. The van der Waals surface area contributed by atoms with Gasteiger partial charge in [-0.1, -0.05) is 121 Å². The fourth-order valence-corrected chi connectivity index (χ4v) is 7.89. The first-order valence-electron chi connectivity index (χ1n) is 17.5. The zero-order valence-corrected chi connectivity index (χ0v) is 27.9. The Labute approximate surface area is 296 Å². The maximum Gasteiger partial charge on any atom is 0.0619 e. The van der Waals surface area contributed by atoms with Crippen LogP contribution < -0.4 is 4.90 Å². The van der Waals surface area contributed by atoms with Crippen molar-refractivity contribution < 1.29 is 0 Å². The number of fused-ring (bicyclic) bond motifs is 6. The maximum absolute atomic E-state index is 2.45. The van der Waals surface area contributed by atoms with E-state index < -0.39 is 0 Å². The first-order chi connectivity index (χ1) is 25.3. The molecule has 0 aliphatic heterocycles. The second-order valence-corrected chi connectivity index (χ2v) is 13.0. The fraction of sp³-hybridized carbons (Fsp3) is 0. The lowest BCUT2D eigenvalue weighted by atomic mass is 10.00. The van der Waals surface area contributed by atoms with Crippen LogP contribution in [-0.2, 0) is 0 Å². The molecule has 10 aromatic rings. The third kappa shape index (κ3) is 4.74. The molecule has 0 spiro atoms. The van der Waals surface area contributed by atoms with E-state index in [1.54, 1.807) is 0 Å². The molecule has 0 bridgehead atoms. The minimum absolute atomic E-state index is 1.10. The van der Waals surface area contributed by atoms with Gasteiger partial charge in [-0.05, 0) is 84.4 Å². The van der Waals surface area contributed by atoms with E-state index in [2.05, 4.69) is 214 Å². The number of hydrogen-bond donors (Lipinski definition) is 0. The number of nitrogens with zero attached hydrogens (tertiary/aromatic N) is 3. The molecule has 51 heavy (non-hydrogen) atoms. The molecule has 10 rings (SSSR count). The van der Waals surface area contributed by atoms with Crippen molar-refractivity contribution in [1.82, 2.24) is 9.13 Å². The second-order valence-electron chi connectivity index (χ2n) is 13.0. The van der Waals surface area contributed by atoms with Crippen LogP contribution in [0.15, 0.2) is 200 Å². The van der Waals surface area contributed by atoms with E-state index in [1.807, 2.05) is 0 Å². The highest BCUT2D eigenvalue weighted by Gasteiger charge is 2.20. The Morgan fingerprint density at radius 2 is 0.824 bits per heavy atom. The van der Waals surface area contributed by atoms with Gasteiger partial charge < -0.3 is 14.0 Å². The smallest absolute Gasteiger partial charge is 0.0619 e. The van der Waals surface area contributed by atoms with Crippen LogP contribution in [0.4, 0.5) is 17.1 Å². The van der Waals surface area contributed by atoms with Crippen molar-refractivity contribution >= 4 is 60.7 Å². The number of anilines is 3. The molecule has 0 fully saturated rings. The molecule has 240 valence electrons. The van der Waals surface area contributed by atoms with Crippen LogP contribution in [0.3, 0.4) is 0 Å². The summed E-state index contributed by atoms with van der Waals surface area (Å²) in [5.41, 5.74) is 12.8. The Morgan fingerprint density at radius 1 is 0.314 bits per heavy atom. The van der Waals surface area contributed by atoms with Gasteiger partial charge in [-0.15, -0.1) is 0 Å². The monoisotopic (exact) mass is 651 g/mol. The van der Waals surface area contributed by atoms with Gasteiger partial charge in [0, 0.05) is 55.5 Å². The van der Waals surface area contributed by atoms with Gasteiger partial charge >= 0.3 is 0 Å². The van der Waals surface area contributed by atoms with Gasteiger partial charge in [0.2, 0.25) is 0 Å². The van der Waals surface area contributed by atoms with Crippen molar-refractivity contribution in [2.24, 2.45) is 0 Å². The third-order valence-electron chi connectivity index (χ3n) is 10.1. The standard InChI is InChI=1S/C48H33N3/c1-4-16-35(17-5-1)49(36-18-6-2-7-19-36)38-22-14-23-39(33-38)51-46-29-13-10-24-41(46)43-27-15-26-40(48(43)51)34-30-31-47-44(32-34)42-25-11-12-28-45(42)50(47)37-20-8-3-9-21-37/h1-33H. The first kappa shape index (κ1) is 29.1. The summed E-state index contributed by atoms with van der Waals surface area (Å²) in [6, 6.07) is 72.1. The number of para-hydroxylation sites is 6. The predicted molar refractivity (Wildman–Crippen MR) is 215 cm³/mol. The van der Waals surface area contributed by atoms with Gasteiger partial charge in [0.1, 0.15) is 0 Å². The molecular weight excluding hydrogens is 619 g/mol. The summed E-state index contributed by atoms with van der Waals surface area (Å²) in [6.45, 7) is 0. The third-order valence-corrected chi connectivity index (χ3v) is 10.1. The van der Waals surface area contributed by atoms with Crippen molar-refractivity contribution in [3.8, 4) is 22.5 Å². The van der Waals surface area contributed by atoms with E-state index in [0.717, 1.165) is 22.7 Å². The molecule has 0 saturated carbocycles. The van der Waals surface area contributed by atoms with E-state index in [-0.39, 0.29) is 0 Å². The van der Waals surface area contributed by atoms with Crippen molar-refractivity contribution in [3.63, 3.8) is 0 Å². The topological polar surface area (TPSA) is 13.1 Å². The van der Waals surface area contributed by atoms with Gasteiger partial charge in [-0.3, -0.25) is 0 Å². The van der Waals surface area contributed by atoms with E-state index in [4.69, 9.17) is 0 Å². The molecule has 2 heterocycles. The summed E-state index contributed by atoms with van der Waals surface area (Å²) in [4.78, 5) is 2.33. The van der Waals surface area contributed by atoms with Crippen molar-refractivity contribution in [2.45, 2.75) is 0 Å². The number of rotatable bonds is 6. The number of hydrogen-bond acceptors (Lipinski definition) is 1. The summed E-state index contributed by atoms with van der Waals surface area (Å²) in [6.07, 6.45) is 0. The second kappa shape index (κ2) is 11.9. The van der Waals surface area contributed by atoms with Crippen molar-refractivity contribution in [2.75, 3.05) is 4.90 Å². The summed E-state index contributed by atoms with van der Waals surface area (Å²) in [5.74, 6) is 0. The normalized spacial score (nSPS) is 11.5. The molecule has 0 saturated heterocycles. The summed E-state index contributed by atoms with van der Waals surface area (Å²) >= 11 is 0. The largest absolute Gasteiger partial charge is 0.310 e. The van der Waals surface area contributed by atoms with Gasteiger partial charge in [-0.25, -0.2) is 0 Å². The molecule has 3 nitrogen and oxygen atoms in total. The highest BCUT2D eigenvalue weighted by molar-refractivity contribution is 6.15. The first-order valence-corrected chi connectivity index (χ1v) is 17.5. The van der Waals surface area contributed by atoms with E-state index in [9.17, 15) is 0 Å². The molecule has 0 unspecified atom stereocenters. The van der Waals surface area contributed by atoms with Crippen LogP contribution in [0.5, 0.6) is 0 Å². The minimum Gasteiger partial charge on any atom is -0.310 e. The average Bonchev–Trinajstić information content (AvgIpc) is 3.72. The zero-order chi connectivity index (χ0) is 33.7. The lowest BCUT2D eigenvalue weighted by molar-refractivity contribution is 1.17. The predicted octanol–water partition coefficient (Wildman–Crippen LogP) is 13.0. The van der Waals surface area contributed by atoms with Crippen LogP contribution in [0, 0.1) is 0 Å². The Kier molecular flexibility index (Phi) is 6.81. The Hall–Kier alpha value is -6.84. The highest BCUT2D eigenvalue weighted by Crippen LogP contribution is 2.42.